The van der Waals surface area contributed by atoms with Gasteiger partial charge in [-0.3, -0.25) is 0 Å². The number of hydrogen-bond acceptors (Lipinski definition) is 3. The number of aromatic nitrogens is 3. The molecule has 0 aromatic carbocycles. The molecule has 0 saturated heterocycles. The number of carbonyl (C=O) groups is 1. The summed E-state index contributed by atoms with van der Waals surface area (Å²) >= 11 is 0. The standard InChI is InChI=1S/C13H21N3O2/c1-2-3-4-5-6-9-16-12(10-7-8-10)11(13(17)18)14-15-16/h10H,2-9H2,1H3,(H,17,18). The third-order valence-corrected chi connectivity index (χ3v) is 3.41. The van der Waals surface area contributed by atoms with Crippen LogP contribution in [0.2, 0.25) is 0 Å². The number of aromatic carboxylic acids is 1. The van der Waals surface area contributed by atoms with Crippen LogP contribution in [0.15, 0.2) is 0 Å². The number of aryl methyl sites for hydroxylation is 1. The van der Waals surface area contributed by atoms with E-state index >= 15 is 0 Å². The lowest BCUT2D eigenvalue weighted by Gasteiger charge is -2.05. The molecule has 5 heteroatoms. The molecule has 5 nitrogen and oxygen atoms in total. The minimum absolute atomic E-state index is 0.158. The number of carboxylic acids is 1. The second-order valence-corrected chi connectivity index (χ2v) is 5.04. The Hall–Kier alpha value is -1.39. The predicted molar refractivity (Wildman–Crippen MR) is 67.7 cm³/mol. The van der Waals surface area contributed by atoms with Crippen molar-refractivity contribution in [3.8, 4) is 0 Å². The van der Waals surface area contributed by atoms with Gasteiger partial charge in [0.2, 0.25) is 0 Å². The molecular weight excluding hydrogens is 230 g/mol. The van der Waals surface area contributed by atoms with Gasteiger partial charge in [0.15, 0.2) is 5.69 Å². The molecule has 1 fully saturated rings. The highest BCUT2D eigenvalue weighted by molar-refractivity contribution is 5.86. The Labute approximate surface area is 107 Å². The minimum atomic E-state index is -0.950. The normalized spacial score (nSPS) is 14.9. The maximum absolute atomic E-state index is 11.1. The van der Waals surface area contributed by atoms with Crippen molar-refractivity contribution in [1.82, 2.24) is 15.0 Å². The molecular formula is C13H21N3O2. The Morgan fingerprint density at radius 1 is 1.33 bits per heavy atom. The summed E-state index contributed by atoms with van der Waals surface area (Å²) in [5.41, 5.74) is 1.00. The second-order valence-electron chi connectivity index (χ2n) is 5.04. The van der Waals surface area contributed by atoms with Gasteiger partial charge in [-0.05, 0) is 19.3 Å². The van der Waals surface area contributed by atoms with E-state index in [1.807, 2.05) is 4.68 Å². The summed E-state index contributed by atoms with van der Waals surface area (Å²) in [6.07, 6.45) is 8.14. The lowest BCUT2D eigenvalue weighted by Crippen LogP contribution is -2.07. The van der Waals surface area contributed by atoms with Gasteiger partial charge in [0, 0.05) is 12.5 Å². The summed E-state index contributed by atoms with van der Waals surface area (Å²) in [7, 11) is 0. The van der Waals surface area contributed by atoms with Crippen molar-refractivity contribution < 1.29 is 9.90 Å². The molecule has 1 heterocycles. The molecule has 0 aliphatic heterocycles. The van der Waals surface area contributed by atoms with Gasteiger partial charge in [-0.25, -0.2) is 9.48 Å². The molecule has 1 N–H and O–H groups in total. The lowest BCUT2D eigenvalue weighted by atomic mass is 10.1. The van der Waals surface area contributed by atoms with Crippen LogP contribution in [0.25, 0.3) is 0 Å². The molecule has 0 bridgehead atoms. The van der Waals surface area contributed by atoms with Crippen LogP contribution >= 0.6 is 0 Å². The molecule has 0 radical (unpaired) electrons. The van der Waals surface area contributed by atoms with Crippen molar-refractivity contribution in [3.63, 3.8) is 0 Å². The Kier molecular flexibility index (Phi) is 4.33. The Morgan fingerprint density at radius 2 is 2.06 bits per heavy atom. The Bertz CT molecular complexity index is 410. The molecule has 1 aliphatic rings. The molecule has 0 unspecified atom stereocenters. The largest absolute Gasteiger partial charge is 0.476 e. The SMILES string of the molecule is CCCCCCCn1nnc(C(=O)O)c1C1CC1. The minimum Gasteiger partial charge on any atom is -0.476 e. The summed E-state index contributed by atoms with van der Waals surface area (Å²) in [4.78, 5) is 11.1. The zero-order valence-corrected chi connectivity index (χ0v) is 10.9. The van der Waals surface area contributed by atoms with Crippen LogP contribution in [0.5, 0.6) is 0 Å². The molecule has 18 heavy (non-hydrogen) atoms. The average Bonchev–Trinajstić information content (AvgIpc) is 3.09. The maximum atomic E-state index is 11.1. The summed E-state index contributed by atoms with van der Waals surface area (Å²) in [6, 6.07) is 0. The van der Waals surface area contributed by atoms with Crippen molar-refractivity contribution in [2.24, 2.45) is 0 Å². The summed E-state index contributed by atoms with van der Waals surface area (Å²) in [5, 5.41) is 16.9. The monoisotopic (exact) mass is 251 g/mol. The average molecular weight is 251 g/mol. The van der Waals surface area contributed by atoms with Crippen LogP contribution in [0.4, 0.5) is 0 Å². The first-order valence-corrected chi connectivity index (χ1v) is 6.90. The van der Waals surface area contributed by atoms with Gasteiger partial charge in [-0.1, -0.05) is 37.8 Å². The first kappa shape index (κ1) is 13.1. The van der Waals surface area contributed by atoms with Crippen molar-refractivity contribution in [2.45, 2.75) is 64.3 Å². The van der Waals surface area contributed by atoms with E-state index in [0.29, 0.717) is 5.92 Å². The molecule has 1 aromatic heterocycles. The summed E-state index contributed by atoms with van der Waals surface area (Å²) < 4.78 is 1.81. The third kappa shape index (κ3) is 3.09. The smallest absolute Gasteiger partial charge is 0.358 e. The first-order valence-electron chi connectivity index (χ1n) is 6.90. The van der Waals surface area contributed by atoms with Crippen LogP contribution < -0.4 is 0 Å². The van der Waals surface area contributed by atoms with Crippen molar-refractivity contribution in [3.05, 3.63) is 11.4 Å². The zero-order valence-electron chi connectivity index (χ0n) is 10.9. The molecule has 0 amide bonds. The molecule has 0 spiro atoms. The molecule has 0 atom stereocenters. The van der Waals surface area contributed by atoms with Crippen LogP contribution in [-0.2, 0) is 6.54 Å². The van der Waals surface area contributed by atoms with Crippen LogP contribution in [0.1, 0.15) is 74.0 Å². The van der Waals surface area contributed by atoms with Crippen molar-refractivity contribution in [2.75, 3.05) is 0 Å². The molecule has 1 aliphatic carbocycles. The Balaban J connectivity index is 1.93. The van der Waals surface area contributed by atoms with Gasteiger partial charge in [0.25, 0.3) is 0 Å². The first-order chi connectivity index (χ1) is 8.74. The van der Waals surface area contributed by atoms with E-state index in [1.54, 1.807) is 0 Å². The highest BCUT2D eigenvalue weighted by atomic mass is 16.4. The molecule has 1 aromatic rings. The fourth-order valence-corrected chi connectivity index (χ4v) is 2.26. The van der Waals surface area contributed by atoms with E-state index in [0.717, 1.165) is 31.5 Å². The lowest BCUT2D eigenvalue weighted by molar-refractivity contribution is 0.0689. The van der Waals surface area contributed by atoms with Gasteiger partial charge < -0.3 is 5.11 Å². The van der Waals surface area contributed by atoms with Gasteiger partial charge >= 0.3 is 5.97 Å². The number of unbranched alkanes of at least 4 members (excludes halogenated alkanes) is 4. The second kappa shape index (κ2) is 5.98. The van der Waals surface area contributed by atoms with E-state index in [1.165, 1.54) is 25.7 Å². The van der Waals surface area contributed by atoms with Crippen LogP contribution in [-0.4, -0.2) is 26.1 Å². The van der Waals surface area contributed by atoms with E-state index < -0.39 is 5.97 Å². The topological polar surface area (TPSA) is 68.0 Å². The number of rotatable bonds is 8. The highest BCUT2D eigenvalue weighted by Crippen LogP contribution is 2.41. The van der Waals surface area contributed by atoms with Crippen molar-refractivity contribution >= 4 is 5.97 Å². The van der Waals surface area contributed by atoms with E-state index in [-0.39, 0.29) is 5.69 Å². The number of hydrogen-bond donors (Lipinski definition) is 1. The van der Waals surface area contributed by atoms with E-state index in [2.05, 4.69) is 17.2 Å². The fourth-order valence-electron chi connectivity index (χ4n) is 2.26. The van der Waals surface area contributed by atoms with Crippen LogP contribution in [0, 0.1) is 0 Å². The van der Waals surface area contributed by atoms with Gasteiger partial charge in [-0.15, -0.1) is 5.10 Å². The molecule has 2 rings (SSSR count). The summed E-state index contributed by atoms with van der Waals surface area (Å²) in [6.45, 7) is 3.00. The van der Waals surface area contributed by atoms with E-state index in [9.17, 15) is 4.79 Å². The predicted octanol–water partition coefficient (Wildman–Crippen LogP) is 2.82. The number of carboxylic acid groups (broad SMARTS) is 1. The molecule has 1 saturated carbocycles. The van der Waals surface area contributed by atoms with Crippen molar-refractivity contribution in [1.29, 1.82) is 0 Å². The van der Waals surface area contributed by atoms with Crippen LogP contribution in [0.3, 0.4) is 0 Å². The van der Waals surface area contributed by atoms with E-state index in [4.69, 9.17) is 5.11 Å². The maximum Gasteiger partial charge on any atom is 0.358 e. The molecule has 100 valence electrons. The quantitative estimate of drug-likeness (QED) is 0.721. The highest BCUT2D eigenvalue weighted by Gasteiger charge is 2.33. The third-order valence-electron chi connectivity index (χ3n) is 3.41. The fraction of sp³-hybridized carbons (Fsp3) is 0.769. The summed E-state index contributed by atoms with van der Waals surface area (Å²) in [5.74, 6) is -0.573. The van der Waals surface area contributed by atoms with Gasteiger partial charge in [0.1, 0.15) is 0 Å². The number of nitrogens with zero attached hydrogens (tertiary/aromatic N) is 3. The van der Waals surface area contributed by atoms with Gasteiger partial charge in [0.05, 0.1) is 5.69 Å². The zero-order chi connectivity index (χ0) is 13.0. The van der Waals surface area contributed by atoms with Gasteiger partial charge in [-0.2, -0.15) is 0 Å². The Morgan fingerprint density at radius 3 is 2.67 bits per heavy atom.